The molecule has 7 heteroatoms. The van der Waals surface area contributed by atoms with Crippen molar-refractivity contribution in [2.24, 2.45) is 0 Å². The molecule has 0 bridgehead atoms. The van der Waals surface area contributed by atoms with Crippen LogP contribution in [0.4, 0.5) is 0 Å². The van der Waals surface area contributed by atoms with Gasteiger partial charge in [0, 0.05) is 6.20 Å². The zero-order chi connectivity index (χ0) is 11.1. The highest BCUT2D eigenvalue weighted by Crippen LogP contribution is 2.33. The Balaban J connectivity index is 0.000000364. The van der Waals surface area contributed by atoms with Gasteiger partial charge in [0.1, 0.15) is 5.15 Å². The second-order valence-electron chi connectivity index (χ2n) is 1.75. The largest absolute Gasteiger partial charge is 0.241 e. The molecule has 14 heavy (non-hydrogen) atoms. The fourth-order valence-corrected chi connectivity index (χ4v) is 1.09. The van der Waals surface area contributed by atoms with Crippen LogP contribution in [0.2, 0.25) is 20.2 Å². The molecule has 0 atom stereocenters. The van der Waals surface area contributed by atoms with Gasteiger partial charge in [0.05, 0.1) is 15.1 Å². The Kier molecular flexibility index (Phi) is 6.36. The number of nitriles is 2. The quantitative estimate of drug-likeness (QED) is 0.674. The van der Waals surface area contributed by atoms with Gasteiger partial charge in [-0.2, -0.15) is 10.5 Å². The summed E-state index contributed by atoms with van der Waals surface area (Å²) in [5, 5.41) is 15.4. The molecule has 0 aliphatic heterocycles. The SMILES string of the molecule is Clc1cnc(Cl)c(Cl)c1Cl.N#CC#N. The zero-order valence-corrected chi connectivity index (χ0v) is 9.45. The summed E-state index contributed by atoms with van der Waals surface area (Å²) in [4.78, 5) is 3.66. The third-order valence-electron chi connectivity index (χ3n) is 0.925. The van der Waals surface area contributed by atoms with E-state index in [0.29, 0.717) is 5.02 Å². The Morgan fingerprint density at radius 2 is 1.50 bits per heavy atom. The minimum atomic E-state index is 0.163. The van der Waals surface area contributed by atoms with Crippen molar-refractivity contribution in [2.45, 2.75) is 0 Å². The predicted molar refractivity (Wildman–Crippen MR) is 55.5 cm³/mol. The van der Waals surface area contributed by atoms with Gasteiger partial charge >= 0.3 is 0 Å². The summed E-state index contributed by atoms with van der Waals surface area (Å²) in [6, 6.07) is 2.47. The predicted octanol–water partition coefficient (Wildman–Crippen LogP) is 3.73. The van der Waals surface area contributed by atoms with E-state index in [0.717, 1.165) is 0 Å². The molecule has 72 valence electrons. The maximum Gasteiger partial charge on any atom is 0.181 e. The monoisotopic (exact) mass is 267 g/mol. The van der Waals surface area contributed by atoms with Gasteiger partial charge in [0.15, 0.2) is 12.1 Å². The Hall–Kier alpha value is -0.710. The fourth-order valence-electron chi connectivity index (χ4n) is 0.422. The highest BCUT2D eigenvalue weighted by molar-refractivity contribution is 6.51. The van der Waals surface area contributed by atoms with E-state index in [9.17, 15) is 0 Å². The van der Waals surface area contributed by atoms with E-state index >= 15 is 0 Å². The van der Waals surface area contributed by atoms with Gasteiger partial charge in [-0.15, -0.1) is 0 Å². The van der Waals surface area contributed by atoms with Gasteiger partial charge < -0.3 is 0 Å². The second kappa shape index (κ2) is 6.70. The smallest absolute Gasteiger partial charge is 0.181 e. The molecule has 0 saturated heterocycles. The molecule has 0 aliphatic rings. The molecule has 0 spiro atoms. The lowest BCUT2D eigenvalue weighted by Crippen LogP contribution is -1.78. The van der Waals surface area contributed by atoms with Crippen LogP contribution in [0, 0.1) is 22.7 Å². The van der Waals surface area contributed by atoms with Crippen molar-refractivity contribution >= 4 is 46.4 Å². The molecule has 0 radical (unpaired) electrons. The number of hydrogen-bond donors (Lipinski definition) is 0. The average molecular weight is 269 g/mol. The van der Waals surface area contributed by atoms with Gasteiger partial charge in [-0.05, 0) is 0 Å². The first-order chi connectivity index (χ1) is 6.54. The first-order valence-corrected chi connectivity index (χ1v) is 4.49. The van der Waals surface area contributed by atoms with E-state index < -0.39 is 0 Å². The standard InChI is InChI=1S/C5HCl4N.C2N2/c6-2-1-10-5(9)4(8)3(2)7;3-1-2-4/h1H;. The van der Waals surface area contributed by atoms with E-state index in [1.165, 1.54) is 18.3 Å². The molecule has 1 rings (SSSR count). The van der Waals surface area contributed by atoms with E-state index in [2.05, 4.69) is 4.98 Å². The molecular formula is C7HCl4N3. The van der Waals surface area contributed by atoms with E-state index in [-0.39, 0.29) is 15.2 Å². The third kappa shape index (κ3) is 4.00. The third-order valence-corrected chi connectivity index (χ3v) is 2.55. The van der Waals surface area contributed by atoms with Crippen LogP contribution in [-0.2, 0) is 0 Å². The highest BCUT2D eigenvalue weighted by atomic mass is 35.5. The Morgan fingerprint density at radius 3 is 1.86 bits per heavy atom. The summed E-state index contributed by atoms with van der Waals surface area (Å²) in [6.07, 6.45) is 1.35. The second-order valence-corrected chi connectivity index (χ2v) is 3.27. The molecule has 0 aromatic carbocycles. The summed E-state index contributed by atoms with van der Waals surface area (Å²) >= 11 is 22.2. The number of halogens is 4. The van der Waals surface area contributed by atoms with E-state index in [1.807, 2.05) is 0 Å². The molecular weight excluding hydrogens is 268 g/mol. The number of hydrogen-bond acceptors (Lipinski definition) is 3. The number of nitrogens with zero attached hydrogens (tertiary/aromatic N) is 3. The Bertz CT molecular complexity index is 366. The van der Waals surface area contributed by atoms with Crippen molar-refractivity contribution in [1.29, 1.82) is 10.5 Å². The minimum Gasteiger partial charge on any atom is -0.241 e. The highest BCUT2D eigenvalue weighted by Gasteiger charge is 2.06. The molecule has 0 amide bonds. The average Bonchev–Trinajstić information content (AvgIpc) is 2.21. The van der Waals surface area contributed by atoms with Crippen LogP contribution in [0.1, 0.15) is 0 Å². The van der Waals surface area contributed by atoms with Crippen molar-refractivity contribution in [3.8, 4) is 12.1 Å². The molecule has 0 unspecified atom stereocenters. The van der Waals surface area contributed by atoms with Crippen molar-refractivity contribution in [3.05, 3.63) is 26.4 Å². The maximum absolute atomic E-state index is 7.26. The number of rotatable bonds is 0. The minimum absolute atomic E-state index is 0.163. The Labute approximate surface area is 100 Å². The van der Waals surface area contributed by atoms with E-state index in [4.69, 9.17) is 56.9 Å². The van der Waals surface area contributed by atoms with Gasteiger partial charge in [0.2, 0.25) is 0 Å². The summed E-state index contributed by atoms with van der Waals surface area (Å²) in [5.41, 5.74) is 0. The van der Waals surface area contributed by atoms with Crippen LogP contribution < -0.4 is 0 Å². The van der Waals surface area contributed by atoms with Crippen LogP contribution in [-0.4, -0.2) is 4.98 Å². The summed E-state index contributed by atoms with van der Waals surface area (Å²) in [6.45, 7) is 0. The van der Waals surface area contributed by atoms with E-state index in [1.54, 1.807) is 0 Å². The first-order valence-electron chi connectivity index (χ1n) is 2.97. The van der Waals surface area contributed by atoms with Crippen molar-refractivity contribution in [3.63, 3.8) is 0 Å². The van der Waals surface area contributed by atoms with Crippen molar-refractivity contribution in [1.82, 2.24) is 4.98 Å². The fraction of sp³-hybridized carbons (Fsp3) is 0. The lowest BCUT2D eigenvalue weighted by molar-refractivity contribution is 1.33. The number of aromatic nitrogens is 1. The molecule has 0 N–H and O–H groups in total. The molecule has 0 saturated carbocycles. The molecule has 3 nitrogen and oxygen atoms in total. The van der Waals surface area contributed by atoms with Gasteiger partial charge in [-0.25, -0.2) is 4.98 Å². The topological polar surface area (TPSA) is 60.5 Å². The maximum atomic E-state index is 7.26. The van der Waals surface area contributed by atoms with Gasteiger partial charge in [0.25, 0.3) is 0 Å². The summed E-state index contributed by atoms with van der Waals surface area (Å²) < 4.78 is 0. The Morgan fingerprint density at radius 1 is 1.00 bits per heavy atom. The molecule has 1 aromatic heterocycles. The van der Waals surface area contributed by atoms with Crippen molar-refractivity contribution in [2.75, 3.05) is 0 Å². The van der Waals surface area contributed by atoms with Gasteiger partial charge in [-0.3, -0.25) is 0 Å². The molecule has 1 aromatic rings. The first kappa shape index (κ1) is 13.3. The van der Waals surface area contributed by atoms with Crippen LogP contribution in [0.5, 0.6) is 0 Å². The van der Waals surface area contributed by atoms with Crippen LogP contribution >= 0.6 is 46.4 Å². The van der Waals surface area contributed by atoms with Crippen LogP contribution in [0.15, 0.2) is 6.20 Å². The molecule has 1 heterocycles. The van der Waals surface area contributed by atoms with Crippen molar-refractivity contribution < 1.29 is 0 Å². The summed E-state index contributed by atoms with van der Waals surface area (Å²) in [7, 11) is 0. The zero-order valence-electron chi connectivity index (χ0n) is 6.43. The van der Waals surface area contributed by atoms with Gasteiger partial charge in [-0.1, -0.05) is 46.4 Å². The van der Waals surface area contributed by atoms with Crippen LogP contribution in [0.25, 0.3) is 0 Å². The lowest BCUT2D eigenvalue weighted by Gasteiger charge is -1.97. The number of pyridine rings is 1. The molecule has 0 aliphatic carbocycles. The lowest BCUT2D eigenvalue weighted by atomic mass is 10.5. The summed E-state index contributed by atoms with van der Waals surface area (Å²) in [5.74, 6) is 0. The normalized spacial score (nSPS) is 7.86. The van der Waals surface area contributed by atoms with Crippen LogP contribution in [0.3, 0.4) is 0 Å². The molecule has 0 fully saturated rings.